The number of nitrogens with one attached hydrogen (secondary N) is 1. The molecule has 0 aromatic heterocycles. The molecule has 0 spiro atoms. The number of carbonyl (C=O) groups excluding carboxylic acids is 1. The number of hydrogen-bond donors (Lipinski definition) is 1. The topological polar surface area (TPSA) is 69.3 Å². The largest absolute Gasteiger partial charge is 0.494 e. The summed E-state index contributed by atoms with van der Waals surface area (Å²) < 4.78 is 23.5. The van der Waals surface area contributed by atoms with E-state index >= 15 is 0 Å². The normalized spacial score (nSPS) is 15.4. The molecule has 7 heteroatoms. The molecule has 0 aliphatic carbocycles. The molecule has 0 bridgehead atoms. The van der Waals surface area contributed by atoms with Gasteiger partial charge in [-0.25, -0.2) is 0 Å². The molecule has 180 valence electrons. The molecule has 3 rings (SSSR count). The van der Waals surface area contributed by atoms with Crippen molar-refractivity contribution in [3.05, 3.63) is 47.0 Å². The minimum absolute atomic E-state index is 0.0963. The first-order valence-electron chi connectivity index (χ1n) is 11.6. The van der Waals surface area contributed by atoms with Crippen LogP contribution < -0.4 is 24.3 Å². The van der Waals surface area contributed by atoms with E-state index in [0.717, 1.165) is 29.0 Å². The highest BCUT2D eigenvalue weighted by atomic mass is 16.5. The summed E-state index contributed by atoms with van der Waals surface area (Å²) in [7, 11) is 3.43. The van der Waals surface area contributed by atoms with Gasteiger partial charge in [-0.3, -0.25) is 4.79 Å². The Labute approximate surface area is 197 Å². The number of rotatable bonds is 11. The highest BCUT2D eigenvalue weighted by molar-refractivity contribution is 5.80. The quantitative estimate of drug-likeness (QED) is 0.552. The lowest BCUT2D eigenvalue weighted by atomic mass is 10.1. The summed E-state index contributed by atoms with van der Waals surface area (Å²) in [6.45, 7) is 10.2. The third-order valence-electron chi connectivity index (χ3n) is 5.42. The Kier molecular flexibility index (Phi) is 8.44. The van der Waals surface area contributed by atoms with Gasteiger partial charge in [-0.05, 0) is 57.5 Å². The summed E-state index contributed by atoms with van der Waals surface area (Å²) in [5, 5.41) is 3.49. The van der Waals surface area contributed by atoms with Crippen LogP contribution in [0.15, 0.2) is 30.3 Å². The number of fused-ring (bicyclic) bond motifs is 1. The maximum Gasteiger partial charge on any atom is 0.262 e. The van der Waals surface area contributed by atoms with Crippen LogP contribution in [0.5, 0.6) is 23.0 Å². The van der Waals surface area contributed by atoms with Crippen LogP contribution >= 0.6 is 0 Å². The molecule has 1 aliphatic heterocycles. The lowest BCUT2D eigenvalue weighted by Gasteiger charge is -2.20. The fourth-order valence-electron chi connectivity index (χ4n) is 3.88. The van der Waals surface area contributed by atoms with E-state index in [-0.39, 0.29) is 12.0 Å². The smallest absolute Gasteiger partial charge is 0.262 e. The molecule has 2 atom stereocenters. The van der Waals surface area contributed by atoms with Crippen molar-refractivity contribution >= 4 is 5.91 Å². The van der Waals surface area contributed by atoms with E-state index in [1.165, 1.54) is 10.5 Å². The predicted molar refractivity (Wildman–Crippen MR) is 128 cm³/mol. The zero-order valence-electron chi connectivity index (χ0n) is 20.6. The van der Waals surface area contributed by atoms with Crippen molar-refractivity contribution in [2.45, 2.75) is 59.4 Å². The molecular weight excluding hydrogens is 420 g/mol. The number of nitrogens with zero attached hydrogens (tertiary/aromatic N) is 1. The van der Waals surface area contributed by atoms with Gasteiger partial charge in [-0.1, -0.05) is 6.07 Å². The van der Waals surface area contributed by atoms with Gasteiger partial charge in [0.1, 0.15) is 17.6 Å². The third kappa shape index (κ3) is 6.32. The van der Waals surface area contributed by atoms with Gasteiger partial charge in [0, 0.05) is 44.7 Å². The van der Waals surface area contributed by atoms with E-state index in [2.05, 4.69) is 24.4 Å². The van der Waals surface area contributed by atoms with E-state index in [0.29, 0.717) is 37.8 Å². The second-order valence-corrected chi connectivity index (χ2v) is 8.44. The highest BCUT2D eigenvalue weighted by Gasteiger charge is 2.22. The van der Waals surface area contributed by atoms with Crippen LogP contribution in [-0.2, 0) is 24.3 Å². The van der Waals surface area contributed by atoms with Crippen molar-refractivity contribution in [3.63, 3.8) is 0 Å². The van der Waals surface area contributed by atoms with Crippen molar-refractivity contribution in [1.29, 1.82) is 0 Å². The molecule has 33 heavy (non-hydrogen) atoms. The predicted octanol–water partition coefficient (Wildman–Crippen LogP) is 3.95. The highest BCUT2D eigenvalue weighted by Crippen LogP contribution is 2.35. The Morgan fingerprint density at radius 2 is 1.82 bits per heavy atom. The number of carbonyl (C=O) groups is 1. The summed E-state index contributed by atoms with van der Waals surface area (Å²) in [6.07, 6.45) is 0.521. The Morgan fingerprint density at radius 3 is 2.52 bits per heavy atom. The van der Waals surface area contributed by atoms with Gasteiger partial charge < -0.3 is 29.2 Å². The molecule has 1 N–H and O–H groups in total. The second-order valence-electron chi connectivity index (χ2n) is 8.44. The van der Waals surface area contributed by atoms with Crippen LogP contribution in [0, 0.1) is 0 Å². The van der Waals surface area contributed by atoms with Crippen LogP contribution in [0.4, 0.5) is 0 Å². The van der Waals surface area contributed by atoms with Gasteiger partial charge in [0.15, 0.2) is 17.6 Å². The first-order valence-corrected chi connectivity index (χ1v) is 11.6. The van der Waals surface area contributed by atoms with Crippen LogP contribution in [0.25, 0.3) is 0 Å². The van der Waals surface area contributed by atoms with Crippen molar-refractivity contribution in [3.8, 4) is 23.0 Å². The Hall–Kier alpha value is -2.93. The van der Waals surface area contributed by atoms with Gasteiger partial charge in [0.2, 0.25) is 0 Å². The van der Waals surface area contributed by atoms with Crippen LogP contribution in [-0.4, -0.2) is 50.3 Å². The van der Waals surface area contributed by atoms with Crippen molar-refractivity contribution in [2.24, 2.45) is 0 Å². The number of likely N-dealkylation sites (N-methyl/N-ethyl adjacent to an activating group) is 1. The van der Waals surface area contributed by atoms with E-state index < -0.39 is 6.10 Å². The van der Waals surface area contributed by atoms with Crippen molar-refractivity contribution < 1.29 is 23.7 Å². The molecule has 0 fully saturated rings. The van der Waals surface area contributed by atoms with Gasteiger partial charge in [-0.15, -0.1) is 0 Å². The Bertz CT molecular complexity index is 960. The summed E-state index contributed by atoms with van der Waals surface area (Å²) in [5.74, 6) is 2.95. The monoisotopic (exact) mass is 456 g/mol. The maximum atomic E-state index is 12.2. The van der Waals surface area contributed by atoms with E-state index in [4.69, 9.17) is 18.9 Å². The summed E-state index contributed by atoms with van der Waals surface area (Å²) in [6, 6.07) is 9.99. The molecular formula is C26H36N2O5. The zero-order valence-corrected chi connectivity index (χ0v) is 20.6. The first kappa shape index (κ1) is 24.7. The molecule has 2 aromatic carbocycles. The SMILES string of the molecule is CCOc1cc2c(cc1CNCc1ccc(OC(C)C(=O)N(C)C)c(OCC)c1)OC(C)C2. The van der Waals surface area contributed by atoms with Crippen molar-refractivity contribution in [2.75, 3.05) is 27.3 Å². The van der Waals surface area contributed by atoms with E-state index in [9.17, 15) is 4.79 Å². The molecule has 2 aromatic rings. The summed E-state index contributed by atoms with van der Waals surface area (Å²) >= 11 is 0. The molecule has 0 saturated heterocycles. The van der Waals surface area contributed by atoms with E-state index in [1.54, 1.807) is 21.0 Å². The fourth-order valence-corrected chi connectivity index (χ4v) is 3.88. The lowest BCUT2D eigenvalue weighted by Crippen LogP contribution is -2.35. The molecule has 1 amide bonds. The number of amides is 1. The van der Waals surface area contributed by atoms with Crippen LogP contribution in [0.3, 0.4) is 0 Å². The number of hydrogen-bond acceptors (Lipinski definition) is 6. The average Bonchev–Trinajstić information content (AvgIpc) is 3.14. The third-order valence-corrected chi connectivity index (χ3v) is 5.42. The summed E-state index contributed by atoms with van der Waals surface area (Å²) in [4.78, 5) is 13.7. The molecule has 0 saturated carbocycles. The van der Waals surface area contributed by atoms with E-state index in [1.807, 2.05) is 32.0 Å². The Morgan fingerprint density at radius 1 is 1.09 bits per heavy atom. The minimum atomic E-state index is -0.593. The van der Waals surface area contributed by atoms with Gasteiger partial charge in [0.05, 0.1) is 13.2 Å². The standard InChI is InChI=1S/C26H36N2O5/c1-7-30-23-13-20-11-17(3)32-24(20)14-21(23)16-27-15-19-9-10-22(25(12-19)31-8-2)33-18(4)26(29)28(5)6/h9-10,12-14,17-18,27H,7-8,11,15-16H2,1-6H3. The number of ether oxygens (including phenoxy) is 4. The molecule has 7 nitrogen and oxygen atoms in total. The molecule has 1 aliphatic rings. The molecule has 2 unspecified atom stereocenters. The van der Waals surface area contributed by atoms with Crippen LogP contribution in [0.1, 0.15) is 44.4 Å². The zero-order chi connectivity index (χ0) is 24.0. The minimum Gasteiger partial charge on any atom is -0.494 e. The Balaban J connectivity index is 1.67. The van der Waals surface area contributed by atoms with Gasteiger partial charge in [0.25, 0.3) is 5.91 Å². The summed E-state index contributed by atoms with van der Waals surface area (Å²) in [5.41, 5.74) is 3.33. The molecule has 0 radical (unpaired) electrons. The lowest BCUT2D eigenvalue weighted by molar-refractivity contribution is -0.135. The second kappa shape index (κ2) is 11.3. The average molecular weight is 457 g/mol. The van der Waals surface area contributed by atoms with Gasteiger partial charge >= 0.3 is 0 Å². The molecule has 1 heterocycles. The fraction of sp³-hybridized carbons (Fsp3) is 0.500. The van der Waals surface area contributed by atoms with Crippen LogP contribution in [0.2, 0.25) is 0 Å². The number of benzene rings is 2. The first-order chi connectivity index (χ1) is 15.8. The van der Waals surface area contributed by atoms with Crippen molar-refractivity contribution in [1.82, 2.24) is 10.2 Å². The maximum absolute atomic E-state index is 12.2. The van der Waals surface area contributed by atoms with Gasteiger partial charge in [-0.2, -0.15) is 0 Å².